The molecule has 0 bridgehead atoms. The molecule has 0 aromatic rings. The molecule has 1 atom stereocenters. The van der Waals surface area contributed by atoms with Crippen molar-refractivity contribution in [2.75, 3.05) is 53.3 Å². The van der Waals surface area contributed by atoms with Gasteiger partial charge in [0, 0.05) is 32.0 Å². The van der Waals surface area contributed by atoms with Crippen LogP contribution in [0.5, 0.6) is 0 Å². The average Bonchev–Trinajstić information content (AvgIpc) is 2.80. The zero-order valence-electron chi connectivity index (χ0n) is 18.1. The van der Waals surface area contributed by atoms with Gasteiger partial charge in [-0.2, -0.15) is 5.26 Å². The molecule has 0 aliphatic carbocycles. The van der Waals surface area contributed by atoms with Crippen LogP contribution in [0.4, 0.5) is 0 Å². The van der Waals surface area contributed by atoms with Gasteiger partial charge in [0.25, 0.3) is 0 Å². The number of likely N-dealkylation sites (tertiary alicyclic amines) is 1. The van der Waals surface area contributed by atoms with Crippen LogP contribution in [0.2, 0.25) is 0 Å². The number of ether oxygens (including phenoxy) is 1. The maximum Gasteiger partial charge on any atom is 0.329 e. The molecule has 0 aromatic carbocycles. The Morgan fingerprint density at radius 2 is 1.91 bits per heavy atom. The lowest BCUT2D eigenvalue weighted by Gasteiger charge is -2.41. The highest BCUT2D eigenvalue weighted by atomic mass is 32.5. The number of nitrogens with one attached hydrogen (secondary N) is 1. The van der Waals surface area contributed by atoms with Crippen LogP contribution in [0, 0.1) is 16.7 Å². The first kappa shape index (κ1) is 28.4. The van der Waals surface area contributed by atoms with Crippen molar-refractivity contribution in [1.29, 1.82) is 5.26 Å². The number of hydrogen-bond acceptors (Lipinski definition) is 11. The monoisotopic (exact) mass is 494 g/mol. The third-order valence-electron chi connectivity index (χ3n) is 4.93. The van der Waals surface area contributed by atoms with E-state index in [1.807, 2.05) is 6.07 Å². The molecule has 4 N–H and O–H groups in total. The maximum absolute atomic E-state index is 12.1. The van der Waals surface area contributed by atoms with Crippen molar-refractivity contribution in [1.82, 2.24) is 10.2 Å². The zero-order chi connectivity index (χ0) is 24.0. The molecule has 1 aliphatic heterocycles. The van der Waals surface area contributed by atoms with Crippen molar-refractivity contribution in [3.05, 3.63) is 0 Å². The van der Waals surface area contributed by atoms with Gasteiger partial charge in [-0.25, -0.2) is 0 Å². The highest BCUT2D eigenvalue weighted by molar-refractivity contribution is 8.07. The summed E-state index contributed by atoms with van der Waals surface area (Å²) in [6.45, 7) is -3.44. The Morgan fingerprint density at radius 3 is 2.47 bits per heavy atom. The molecule has 14 heteroatoms. The molecule has 12 nitrogen and oxygen atoms in total. The summed E-state index contributed by atoms with van der Waals surface area (Å²) >= 11 is 5.28. The van der Waals surface area contributed by atoms with Crippen LogP contribution in [0.15, 0.2) is 0 Å². The maximum atomic E-state index is 12.1. The summed E-state index contributed by atoms with van der Waals surface area (Å²) in [5.74, 6) is -0.995. The summed E-state index contributed by atoms with van der Waals surface area (Å²) in [5, 5.41) is 20.2. The molecule has 0 aromatic heterocycles. The van der Waals surface area contributed by atoms with Crippen LogP contribution < -0.4 is 11.1 Å². The van der Waals surface area contributed by atoms with Gasteiger partial charge in [-0.15, -0.1) is 0 Å². The average molecular weight is 495 g/mol. The third kappa shape index (κ3) is 9.87. The van der Waals surface area contributed by atoms with Crippen molar-refractivity contribution in [2.45, 2.75) is 32.1 Å². The molecule has 2 amide bonds. The highest BCUT2D eigenvalue weighted by Gasteiger charge is 2.39. The lowest BCUT2D eigenvalue weighted by molar-refractivity contribution is -0.152. The van der Waals surface area contributed by atoms with E-state index in [4.69, 9.17) is 46.2 Å². The van der Waals surface area contributed by atoms with Crippen molar-refractivity contribution in [3.8, 4) is 6.07 Å². The molecular weight excluding hydrogens is 463 g/mol. The fourth-order valence-corrected chi connectivity index (χ4v) is 4.57. The van der Waals surface area contributed by atoms with Gasteiger partial charge < -0.3 is 34.8 Å². The number of piperidine rings is 1. The van der Waals surface area contributed by atoms with Crippen LogP contribution in [-0.2, 0) is 44.5 Å². The number of aliphatic hydroxyl groups is 1. The minimum atomic E-state index is -3.34. The van der Waals surface area contributed by atoms with Crippen molar-refractivity contribution < 1.29 is 37.8 Å². The van der Waals surface area contributed by atoms with E-state index in [1.165, 1.54) is 7.05 Å². The van der Waals surface area contributed by atoms with Crippen LogP contribution in [0.3, 0.4) is 0 Å². The molecule has 1 saturated heterocycles. The fourth-order valence-electron chi connectivity index (χ4n) is 2.94. The number of rotatable bonds is 14. The minimum Gasteiger partial charge on any atom is -0.465 e. The van der Waals surface area contributed by atoms with E-state index in [0.717, 1.165) is 0 Å². The molecule has 1 heterocycles. The number of carbonyl (C=O) groups excluding carboxylic acids is 3. The van der Waals surface area contributed by atoms with Crippen molar-refractivity contribution >= 4 is 36.3 Å². The standard InChI is InChI=1S/C18H31N4O8PS/c1-21-15(24)3-4-17(26)27-12-18(5-8-22(9-6-18)16(25)11-20)13-29-31(32,30-14-23)28-10-2-7-19/h23H,2-6,8-14,20H2,1H3,(H,21,24). The van der Waals surface area contributed by atoms with Gasteiger partial charge >= 0.3 is 12.7 Å². The number of esters is 1. The first-order valence-corrected chi connectivity index (χ1v) is 12.6. The normalized spacial score (nSPS) is 17.1. The molecule has 1 fully saturated rings. The number of amides is 2. The van der Waals surface area contributed by atoms with E-state index in [9.17, 15) is 14.4 Å². The molecule has 182 valence electrons. The molecule has 1 unspecified atom stereocenters. The summed E-state index contributed by atoms with van der Waals surface area (Å²) in [7, 11) is 1.48. The number of nitriles is 1. The van der Waals surface area contributed by atoms with Gasteiger partial charge in [-0.1, -0.05) is 0 Å². The van der Waals surface area contributed by atoms with Crippen LogP contribution in [0.1, 0.15) is 32.1 Å². The van der Waals surface area contributed by atoms with Gasteiger partial charge in [-0.05, 0) is 24.6 Å². The molecule has 0 spiro atoms. The topological polar surface area (TPSA) is 173 Å². The molecule has 32 heavy (non-hydrogen) atoms. The Hall–Kier alpha value is -1.65. The summed E-state index contributed by atoms with van der Waals surface area (Å²) < 4.78 is 21.6. The first-order valence-electron chi connectivity index (χ1n) is 10.1. The van der Waals surface area contributed by atoms with Crippen molar-refractivity contribution in [3.63, 3.8) is 0 Å². The fraction of sp³-hybridized carbons (Fsp3) is 0.778. The lowest BCUT2D eigenvalue weighted by atomic mass is 9.80. The van der Waals surface area contributed by atoms with Gasteiger partial charge in [0.1, 0.15) is 0 Å². The second-order valence-electron chi connectivity index (χ2n) is 7.14. The first-order chi connectivity index (χ1) is 15.2. The summed E-state index contributed by atoms with van der Waals surface area (Å²) in [6, 6.07) is 1.91. The predicted molar refractivity (Wildman–Crippen MR) is 116 cm³/mol. The van der Waals surface area contributed by atoms with Crippen molar-refractivity contribution in [2.24, 2.45) is 11.1 Å². The molecule has 0 radical (unpaired) electrons. The Labute approximate surface area is 192 Å². The lowest BCUT2D eigenvalue weighted by Crippen LogP contribution is -2.48. The van der Waals surface area contributed by atoms with Gasteiger partial charge in [0.05, 0.1) is 45.3 Å². The minimum absolute atomic E-state index is 0.00941. The van der Waals surface area contributed by atoms with Gasteiger partial charge in [0.15, 0.2) is 6.79 Å². The van der Waals surface area contributed by atoms with E-state index in [1.54, 1.807) is 4.90 Å². The number of nitrogens with two attached hydrogens (primary N) is 1. The Bertz CT molecular complexity index is 724. The number of carbonyl (C=O) groups is 3. The Kier molecular flexibility index (Phi) is 12.9. The molecular formula is C18H31N4O8PS. The smallest absolute Gasteiger partial charge is 0.329 e. The van der Waals surface area contributed by atoms with Crippen LogP contribution >= 0.6 is 6.72 Å². The summed E-state index contributed by atoms with van der Waals surface area (Å²) in [6.07, 6.45) is 0.885. The molecule has 0 saturated carbocycles. The highest BCUT2D eigenvalue weighted by Crippen LogP contribution is 2.51. The number of aliphatic hydroxyl groups excluding tert-OH is 1. The Balaban J connectivity index is 2.82. The van der Waals surface area contributed by atoms with Gasteiger partial charge in [-0.3, -0.25) is 18.9 Å². The predicted octanol–water partition coefficient (Wildman–Crippen LogP) is -0.239. The number of nitrogens with zero attached hydrogens (tertiary/aromatic N) is 2. The van der Waals surface area contributed by atoms with Crippen LogP contribution in [-0.4, -0.2) is 81.1 Å². The largest absolute Gasteiger partial charge is 0.465 e. The second-order valence-corrected chi connectivity index (χ2v) is 10.1. The molecule has 1 rings (SSSR count). The van der Waals surface area contributed by atoms with E-state index in [-0.39, 0.29) is 57.4 Å². The van der Waals surface area contributed by atoms with E-state index in [0.29, 0.717) is 25.9 Å². The quantitative estimate of drug-likeness (QED) is 0.126. The second kappa shape index (κ2) is 14.5. The van der Waals surface area contributed by atoms with E-state index >= 15 is 0 Å². The third-order valence-corrected chi connectivity index (χ3v) is 7.26. The van der Waals surface area contributed by atoms with E-state index < -0.39 is 24.9 Å². The SMILES string of the molecule is CNC(=O)CCC(=O)OCC1(COP(=S)(OCO)OCCC#N)CCN(C(=O)CN)CC1. The Morgan fingerprint density at radius 1 is 1.22 bits per heavy atom. The summed E-state index contributed by atoms with van der Waals surface area (Å²) in [4.78, 5) is 37.0. The molecule has 1 aliphatic rings. The van der Waals surface area contributed by atoms with Gasteiger partial charge in [0.2, 0.25) is 11.8 Å². The summed E-state index contributed by atoms with van der Waals surface area (Å²) in [5.41, 5.74) is 4.75. The van der Waals surface area contributed by atoms with E-state index in [2.05, 4.69) is 5.32 Å². The zero-order valence-corrected chi connectivity index (χ0v) is 19.8. The van der Waals surface area contributed by atoms with Crippen LogP contribution in [0.25, 0.3) is 0 Å². The number of hydrogen-bond donors (Lipinski definition) is 3.